The van der Waals surface area contributed by atoms with E-state index in [0.29, 0.717) is 0 Å². The summed E-state index contributed by atoms with van der Waals surface area (Å²) in [5.41, 5.74) is 1.48. The summed E-state index contributed by atoms with van der Waals surface area (Å²) in [6.45, 7) is 10.4. The molecule has 0 heteroatoms. The van der Waals surface area contributed by atoms with Crippen molar-refractivity contribution >= 4 is 0 Å². The lowest BCUT2D eigenvalue weighted by Gasteiger charge is -2.13. The van der Waals surface area contributed by atoms with Crippen molar-refractivity contribution < 1.29 is 0 Å². The molecule has 0 saturated carbocycles. The van der Waals surface area contributed by atoms with Gasteiger partial charge in [-0.3, -0.25) is 0 Å². The van der Waals surface area contributed by atoms with Crippen LogP contribution in [0.15, 0.2) is 24.3 Å². The smallest absolute Gasteiger partial charge is 0.0206 e. The van der Waals surface area contributed by atoms with Crippen molar-refractivity contribution in [3.05, 3.63) is 24.3 Å². The predicted octanol–water partition coefficient (Wildman–Crippen LogP) is 3.95. The van der Waals surface area contributed by atoms with Crippen LogP contribution >= 0.6 is 0 Å². The Bertz CT molecular complexity index is 131. The van der Waals surface area contributed by atoms with Crippen LogP contribution in [0.1, 0.15) is 40.0 Å². The van der Waals surface area contributed by atoms with Crippen molar-refractivity contribution in [3.8, 4) is 0 Å². The highest BCUT2D eigenvalue weighted by Gasteiger charge is 2.05. The van der Waals surface area contributed by atoms with Crippen LogP contribution in [0.4, 0.5) is 0 Å². The van der Waals surface area contributed by atoms with Crippen molar-refractivity contribution in [1.82, 2.24) is 0 Å². The molecule has 0 rings (SSSR count). The van der Waals surface area contributed by atoms with Crippen LogP contribution in [-0.4, -0.2) is 0 Å². The lowest BCUT2D eigenvalue weighted by molar-refractivity contribution is 0.534. The largest absolute Gasteiger partial charge is 0.0991 e. The van der Waals surface area contributed by atoms with E-state index in [4.69, 9.17) is 0 Å². The van der Waals surface area contributed by atoms with Gasteiger partial charge in [0.05, 0.1) is 0 Å². The third-order valence-corrected chi connectivity index (χ3v) is 2.15. The summed E-state index contributed by atoms with van der Waals surface area (Å²) in [5, 5.41) is 0. The van der Waals surface area contributed by atoms with Gasteiger partial charge in [-0.05, 0) is 25.7 Å². The second-order valence-electron chi connectivity index (χ2n) is 3.04. The molecule has 0 radical (unpaired) electrons. The number of hydrogen-bond donors (Lipinski definition) is 0. The zero-order valence-electron chi connectivity index (χ0n) is 8.06. The molecule has 0 nitrogen and oxygen atoms in total. The molecule has 0 aliphatic heterocycles. The predicted molar refractivity (Wildman–Crippen MR) is 52.6 cm³/mol. The molecule has 0 amide bonds. The summed E-state index contributed by atoms with van der Waals surface area (Å²) < 4.78 is 0. The first-order valence-electron chi connectivity index (χ1n) is 4.55. The number of allylic oxidation sites excluding steroid dienone is 3. The molecule has 0 bridgehead atoms. The molecule has 11 heavy (non-hydrogen) atoms. The van der Waals surface area contributed by atoms with Gasteiger partial charge in [0.1, 0.15) is 0 Å². The maximum absolute atomic E-state index is 3.70. The second-order valence-corrected chi connectivity index (χ2v) is 3.04. The maximum Gasteiger partial charge on any atom is -0.0206 e. The zero-order valence-corrected chi connectivity index (χ0v) is 8.06. The standard InChI is InChI=1S/C11H20/c1-5-8-10(4)11(7-3)9-6-2/h5,8,11H,1,6-7,9H2,2-4H3/b10-8+. The zero-order chi connectivity index (χ0) is 8.69. The highest BCUT2D eigenvalue weighted by atomic mass is 14.1. The molecule has 1 atom stereocenters. The monoisotopic (exact) mass is 152 g/mol. The van der Waals surface area contributed by atoms with Gasteiger partial charge in [0.15, 0.2) is 0 Å². The van der Waals surface area contributed by atoms with Crippen LogP contribution in [-0.2, 0) is 0 Å². The topological polar surface area (TPSA) is 0 Å². The van der Waals surface area contributed by atoms with Crippen LogP contribution in [0.3, 0.4) is 0 Å². The Morgan fingerprint density at radius 3 is 2.45 bits per heavy atom. The SMILES string of the molecule is C=C/C=C(\C)C(CC)CCC. The molecule has 0 aliphatic rings. The van der Waals surface area contributed by atoms with Gasteiger partial charge in [0.25, 0.3) is 0 Å². The van der Waals surface area contributed by atoms with Crippen molar-refractivity contribution in [3.63, 3.8) is 0 Å². The minimum absolute atomic E-state index is 0.776. The van der Waals surface area contributed by atoms with E-state index in [2.05, 4.69) is 33.4 Å². The highest BCUT2D eigenvalue weighted by molar-refractivity contribution is 5.10. The van der Waals surface area contributed by atoms with Crippen molar-refractivity contribution in [2.24, 2.45) is 5.92 Å². The van der Waals surface area contributed by atoms with Crippen molar-refractivity contribution in [2.75, 3.05) is 0 Å². The maximum atomic E-state index is 3.70. The summed E-state index contributed by atoms with van der Waals surface area (Å²) in [4.78, 5) is 0. The van der Waals surface area contributed by atoms with Crippen LogP contribution in [0.25, 0.3) is 0 Å². The summed E-state index contributed by atoms with van der Waals surface area (Å²) in [6.07, 6.45) is 7.86. The van der Waals surface area contributed by atoms with Crippen LogP contribution in [0, 0.1) is 5.92 Å². The van der Waals surface area contributed by atoms with E-state index < -0.39 is 0 Å². The fraction of sp³-hybridized carbons (Fsp3) is 0.636. The number of hydrogen-bond acceptors (Lipinski definition) is 0. The average molecular weight is 152 g/mol. The first-order chi connectivity index (χ1) is 5.26. The Morgan fingerprint density at radius 2 is 2.09 bits per heavy atom. The van der Waals surface area contributed by atoms with E-state index in [9.17, 15) is 0 Å². The summed E-state index contributed by atoms with van der Waals surface area (Å²) in [7, 11) is 0. The molecule has 0 aliphatic carbocycles. The van der Waals surface area contributed by atoms with Gasteiger partial charge in [0, 0.05) is 0 Å². The van der Waals surface area contributed by atoms with Gasteiger partial charge < -0.3 is 0 Å². The molecule has 64 valence electrons. The quantitative estimate of drug-likeness (QED) is 0.523. The van der Waals surface area contributed by atoms with E-state index in [1.165, 1.54) is 24.8 Å². The summed E-state index contributed by atoms with van der Waals surface area (Å²) in [6, 6.07) is 0. The van der Waals surface area contributed by atoms with Crippen LogP contribution in [0.2, 0.25) is 0 Å². The molecular weight excluding hydrogens is 132 g/mol. The van der Waals surface area contributed by atoms with E-state index in [1.807, 2.05) is 6.08 Å². The normalized spacial score (nSPS) is 14.6. The average Bonchev–Trinajstić information content (AvgIpc) is 2.00. The highest BCUT2D eigenvalue weighted by Crippen LogP contribution is 2.19. The Labute approximate surface area is 71.0 Å². The molecule has 0 saturated heterocycles. The third kappa shape index (κ3) is 4.02. The Hall–Kier alpha value is -0.520. The van der Waals surface area contributed by atoms with Crippen molar-refractivity contribution in [2.45, 2.75) is 40.0 Å². The first-order valence-corrected chi connectivity index (χ1v) is 4.55. The van der Waals surface area contributed by atoms with E-state index >= 15 is 0 Å². The van der Waals surface area contributed by atoms with Gasteiger partial charge in [0.2, 0.25) is 0 Å². The lowest BCUT2D eigenvalue weighted by Crippen LogP contribution is -1.99. The molecule has 0 N–H and O–H groups in total. The fourth-order valence-electron chi connectivity index (χ4n) is 1.42. The molecule has 0 fully saturated rings. The van der Waals surface area contributed by atoms with Gasteiger partial charge >= 0.3 is 0 Å². The summed E-state index contributed by atoms with van der Waals surface area (Å²) >= 11 is 0. The van der Waals surface area contributed by atoms with Gasteiger partial charge in [-0.2, -0.15) is 0 Å². The fourth-order valence-corrected chi connectivity index (χ4v) is 1.42. The van der Waals surface area contributed by atoms with Crippen LogP contribution in [0.5, 0.6) is 0 Å². The van der Waals surface area contributed by atoms with E-state index in [1.54, 1.807) is 0 Å². The molecule has 0 heterocycles. The van der Waals surface area contributed by atoms with Gasteiger partial charge in [-0.25, -0.2) is 0 Å². The van der Waals surface area contributed by atoms with E-state index in [0.717, 1.165) is 5.92 Å². The third-order valence-electron chi connectivity index (χ3n) is 2.15. The molecule has 0 aromatic heterocycles. The second kappa shape index (κ2) is 6.21. The molecule has 1 unspecified atom stereocenters. The lowest BCUT2D eigenvalue weighted by atomic mass is 9.93. The molecular formula is C11H20. The number of rotatable bonds is 5. The first kappa shape index (κ1) is 10.5. The molecule has 0 spiro atoms. The summed E-state index contributed by atoms with van der Waals surface area (Å²) in [5.74, 6) is 0.776. The van der Waals surface area contributed by atoms with Gasteiger partial charge in [-0.15, -0.1) is 0 Å². The van der Waals surface area contributed by atoms with Gasteiger partial charge in [-0.1, -0.05) is 44.6 Å². The van der Waals surface area contributed by atoms with E-state index in [-0.39, 0.29) is 0 Å². The Morgan fingerprint density at radius 1 is 1.45 bits per heavy atom. The minimum atomic E-state index is 0.776. The molecule has 0 aromatic carbocycles. The van der Waals surface area contributed by atoms with Crippen LogP contribution < -0.4 is 0 Å². The Kier molecular flexibility index (Phi) is 5.91. The Balaban J connectivity index is 4.00. The molecule has 0 aromatic rings. The minimum Gasteiger partial charge on any atom is -0.0991 e. The van der Waals surface area contributed by atoms with Crippen molar-refractivity contribution in [1.29, 1.82) is 0 Å².